The summed E-state index contributed by atoms with van der Waals surface area (Å²) in [7, 11) is 0. The Morgan fingerprint density at radius 3 is 2.71 bits per heavy atom. The van der Waals surface area contributed by atoms with E-state index in [1.54, 1.807) is 0 Å². The van der Waals surface area contributed by atoms with Gasteiger partial charge in [-0.15, -0.1) is 11.8 Å². The second kappa shape index (κ2) is 9.22. The smallest absolute Gasteiger partial charge is 0.0311 e. The molecule has 0 heterocycles. The minimum atomic E-state index is 0.676. The molecule has 0 bridgehead atoms. The fourth-order valence-electron chi connectivity index (χ4n) is 3.28. The molecule has 3 unspecified atom stereocenters. The van der Waals surface area contributed by atoms with E-state index in [1.165, 1.54) is 47.9 Å². The monoisotopic (exact) mass is 369 g/mol. The lowest BCUT2D eigenvalue weighted by molar-refractivity contribution is 0.287. The molecule has 1 fully saturated rings. The first-order valence-electron chi connectivity index (χ1n) is 8.39. The normalized spacial score (nSPS) is 26.0. The standard InChI is InChI=1S/C18H28BrNS/c1-3-7-14-10-11-16(20-12-4-2)18(13-14)21-17-9-6-5-8-15(17)19/h5-6,8-9,14,16,18,20H,3-4,7,10-13H2,1-2H3. The summed E-state index contributed by atoms with van der Waals surface area (Å²) >= 11 is 5.77. The summed E-state index contributed by atoms with van der Waals surface area (Å²) in [6.07, 6.45) is 8.05. The molecule has 2 rings (SSSR count). The molecular weight excluding hydrogens is 342 g/mol. The van der Waals surface area contributed by atoms with Crippen LogP contribution < -0.4 is 5.32 Å². The highest BCUT2D eigenvalue weighted by Crippen LogP contribution is 2.40. The van der Waals surface area contributed by atoms with Crippen LogP contribution in [0.2, 0.25) is 0 Å². The van der Waals surface area contributed by atoms with Crippen LogP contribution in [-0.4, -0.2) is 17.8 Å². The third-order valence-corrected chi connectivity index (χ3v) is 6.76. The fraction of sp³-hybridized carbons (Fsp3) is 0.667. The van der Waals surface area contributed by atoms with Crippen molar-refractivity contribution in [3.05, 3.63) is 28.7 Å². The molecule has 21 heavy (non-hydrogen) atoms. The maximum atomic E-state index is 3.79. The van der Waals surface area contributed by atoms with Crippen LogP contribution in [0.1, 0.15) is 52.4 Å². The summed E-state index contributed by atoms with van der Waals surface area (Å²) in [5, 5.41) is 4.50. The summed E-state index contributed by atoms with van der Waals surface area (Å²) in [6.45, 7) is 5.72. The second-order valence-electron chi connectivity index (χ2n) is 6.12. The quantitative estimate of drug-likeness (QED) is 0.643. The molecule has 0 amide bonds. The predicted molar refractivity (Wildman–Crippen MR) is 98.1 cm³/mol. The van der Waals surface area contributed by atoms with Crippen LogP contribution >= 0.6 is 27.7 Å². The van der Waals surface area contributed by atoms with Gasteiger partial charge in [0.05, 0.1) is 0 Å². The molecule has 0 radical (unpaired) electrons. The van der Waals surface area contributed by atoms with Crippen molar-refractivity contribution in [2.24, 2.45) is 5.92 Å². The summed E-state index contributed by atoms with van der Waals surface area (Å²) in [6, 6.07) is 9.32. The van der Waals surface area contributed by atoms with E-state index in [4.69, 9.17) is 0 Å². The maximum absolute atomic E-state index is 3.79. The zero-order valence-electron chi connectivity index (χ0n) is 13.3. The first-order valence-corrected chi connectivity index (χ1v) is 10.1. The van der Waals surface area contributed by atoms with Crippen molar-refractivity contribution in [3.8, 4) is 0 Å². The van der Waals surface area contributed by atoms with E-state index in [2.05, 4.69) is 71.1 Å². The predicted octanol–water partition coefficient (Wildman–Crippen LogP) is 5.88. The second-order valence-corrected chi connectivity index (χ2v) is 8.25. The van der Waals surface area contributed by atoms with E-state index in [0.717, 1.165) is 12.5 Å². The van der Waals surface area contributed by atoms with Gasteiger partial charge in [-0.2, -0.15) is 0 Å². The van der Waals surface area contributed by atoms with Gasteiger partial charge in [0.2, 0.25) is 0 Å². The van der Waals surface area contributed by atoms with E-state index < -0.39 is 0 Å². The van der Waals surface area contributed by atoms with E-state index in [9.17, 15) is 0 Å². The summed E-state index contributed by atoms with van der Waals surface area (Å²) in [5.74, 6) is 0.926. The van der Waals surface area contributed by atoms with Crippen LogP contribution in [0, 0.1) is 5.92 Å². The molecule has 1 aliphatic rings. The molecule has 3 heteroatoms. The minimum Gasteiger partial charge on any atom is -0.313 e. The lowest BCUT2D eigenvalue weighted by Crippen LogP contribution is -2.43. The van der Waals surface area contributed by atoms with Gasteiger partial charge in [0, 0.05) is 20.7 Å². The number of rotatable bonds is 7. The first kappa shape index (κ1) is 17.4. The van der Waals surface area contributed by atoms with Gasteiger partial charge in [0.1, 0.15) is 0 Å². The topological polar surface area (TPSA) is 12.0 Å². The highest BCUT2D eigenvalue weighted by atomic mass is 79.9. The van der Waals surface area contributed by atoms with Gasteiger partial charge in [-0.3, -0.25) is 0 Å². The van der Waals surface area contributed by atoms with Crippen LogP contribution in [0.4, 0.5) is 0 Å². The SMILES string of the molecule is CCCNC1CCC(CCC)CC1Sc1ccccc1Br. The molecule has 1 aromatic carbocycles. The summed E-state index contributed by atoms with van der Waals surface area (Å²) < 4.78 is 1.24. The number of hydrogen-bond acceptors (Lipinski definition) is 2. The van der Waals surface area contributed by atoms with Crippen molar-refractivity contribution in [2.45, 2.75) is 68.6 Å². The van der Waals surface area contributed by atoms with E-state index in [1.807, 2.05) is 0 Å². The Labute approximate surface area is 142 Å². The van der Waals surface area contributed by atoms with Crippen LogP contribution in [0.25, 0.3) is 0 Å². The molecule has 0 saturated heterocycles. The Hall–Kier alpha value is 0.01000. The zero-order valence-corrected chi connectivity index (χ0v) is 15.7. The molecule has 1 aromatic rings. The van der Waals surface area contributed by atoms with Crippen LogP contribution in [0.15, 0.2) is 33.6 Å². The fourth-order valence-corrected chi connectivity index (χ4v) is 5.27. The van der Waals surface area contributed by atoms with Crippen molar-refractivity contribution in [1.29, 1.82) is 0 Å². The van der Waals surface area contributed by atoms with Crippen molar-refractivity contribution in [1.82, 2.24) is 5.32 Å². The number of benzene rings is 1. The van der Waals surface area contributed by atoms with Crippen LogP contribution in [0.5, 0.6) is 0 Å². The molecule has 1 N–H and O–H groups in total. The lowest BCUT2D eigenvalue weighted by Gasteiger charge is -2.36. The van der Waals surface area contributed by atoms with Crippen molar-refractivity contribution >= 4 is 27.7 Å². The summed E-state index contributed by atoms with van der Waals surface area (Å²) in [5.41, 5.74) is 0. The van der Waals surface area contributed by atoms with Crippen molar-refractivity contribution in [3.63, 3.8) is 0 Å². The van der Waals surface area contributed by atoms with E-state index >= 15 is 0 Å². The molecular formula is C18H28BrNS. The molecule has 0 aromatic heterocycles. The van der Waals surface area contributed by atoms with Gasteiger partial charge in [-0.1, -0.05) is 38.8 Å². The molecule has 1 aliphatic carbocycles. The van der Waals surface area contributed by atoms with Crippen molar-refractivity contribution in [2.75, 3.05) is 6.54 Å². The van der Waals surface area contributed by atoms with Gasteiger partial charge in [0.15, 0.2) is 0 Å². The minimum absolute atomic E-state index is 0.676. The lowest BCUT2D eigenvalue weighted by atomic mass is 9.83. The zero-order chi connectivity index (χ0) is 15.1. The average Bonchev–Trinajstić information content (AvgIpc) is 2.49. The van der Waals surface area contributed by atoms with E-state index in [0.29, 0.717) is 11.3 Å². The molecule has 3 atom stereocenters. The molecule has 0 spiro atoms. The number of thioether (sulfide) groups is 1. The van der Waals surface area contributed by atoms with Gasteiger partial charge < -0.3 is 5.32 Å². The number of hydrogen-bond donors (Lipinski definition) is 1. The Kier molecular flexibility index (Phi) is 7.62. The molecule has 0 aliphatic heterocycles. The van der Waals surface area contributed by atoms with Crippen LogP contribution in [0.3, 0.4) is 0 Å². The molecule has 1 nitrogen and oxygen atoms in total. The molecule has 1 saturated carbocycles. The molecule has 118 valence electrons. The highest BCUT2D eigenvalue weighted by Gasteiger charge is 2.30. The number of halogens is 1. The van der Waals surface area contributed by atoms with Gasteiger partial charge >= 0.3 is 0 Å². The van der Waals surface area contributed by atoms with Crippen LogP contribution in [-0.2, 0) is 0 Å². The number of nitrogens with one attached hydrogen (secondary N) is 1. The third kappa shape index (κ3) is 5.30. The average molecular weight is 370 g/mol. The van der Waals surface area contributed by atoms with Gasteiger partial charge in [0.25, 0.3) is 0 Å². The Bertz CT molecular complexity index is 423. The van der Waals surface area contributed by atoms with E-state index in [-0.39, 0.29) is 0 Å². The Balaban J connectivity index is 2.03. The Morgan fingerprint density at radius 1 is 1.19 bits per heavy atom. The largest absolute Gasteiger partial charge is 0.313 e. The maximum Gasteiger partial charge on any atom is 0.0311 e. The first-order chi connectivity index (χ1) is 10.2. The summed E-state index contributed by atoms with van der Waals surface area (Å²) in [4.78, 5) is 1.39. The third-order valence-electron chi connectivity index (χ3n) is 4.37. The van der Waals surface area contributed by atoms with Gasteiger partial charge in [-0.25, -0.2) is 0 Å². The van der Waals surface area contributed by atoms with Gasteiger partial charge in [-0.05, 0) is 66.2 Å². The Morgan fingerprint density at radius 2 is 2.00 bits per heavy atom. The van der Waals surface area contributed by atoms with Crippen molar-refractivity contribution < 1.29 is 0 Å². The highest BCUT2D eigenvalue weighted by molar-refractivity contribution is 9.10.